The van der Waals surface area contributed by atoms with Crippen molar-refractivity contribution in [3.63, 3.8) is 0 Å². The van der Waals surface area contributed by atoms with Crippen molar-refractivity contribution in [3.05, 3.63) is 24.0 Å². The Morgan fingerprint density at radius 2 is 2.57 bits per heavy atom. The Morgan fingerprint density at radius 1 is 1.71 bits per heavy atom. The molecule has 0 aromatic carbocycles. The van der Waals surface area contributed by atoms with Crippen molar-refractivity contribution in [2.75, 3.05) is 6.54 Å². The van der Waals surface area contributed by atoms with Gasteiger partial charge in [0.1, 0.15) is 23.6 Å². The molecule has 0 amide bonds. The Kier molecular flexibility index (Phi) is 2.33. The smallest absolute Gasteiger partial charge is 0.144 e. The number of aromatic nitrogens is 1. The van der Waals surface area contributed by atoms with Gasteiger partial charge < -0.3 is 10.1 Å². The Bertz CT molecular complexity index is 372. The molecule has 1 aromatic heterocycles. The Balaban J connectivity index is 2.06. The number of hydrogen-bond donors (Lipinski definition) is 1. The summed E-state index contributed by atoms with van der Waals surface area (Å²) in [5, 5.41) is 11.8. The van der Waals surface area contributed by atoms with Crippen LogP contribution in [0.1, 0.15) is 12.6 Å². The zero-order chi connectivity index (χ0) is 9.97. The minimum absolute atomic E-state index is 0.212. The highest BCUT2D eigenvalue weighted by molar-refractivity contribution is 5.30. The average molecular weight is 189 g/mol. The highest BCUT2D eigenvalue weighted by Crippen LogP contribution is 2.16. The van der Waals surface area contributed by atoms with E-state index in [9.17, 15) is 0 Å². The Hall–Kier alpha value is -1.60. The molecular weight excluding hydrogens is 178 g/mol. The molecule has 1 aliphatic heterocycles. The summed E-state index contributed by atoms with van der Waals surface area (Å²) in [5.41, 5.74) is 0.391. The van der Waals surface area contributed by atoms with E-state index in [0.29, 0.717) is 11.7 Å². The third-order valence-corrected chi connectivity index (χ3v) is 2.33. The first kappa shape index (κ1) is 8.97. The molecule has 2 heterocycles. The van der Waals surface area contributed by atoms with E-state index in [1.54, 1.807) is 18.3 Å². The van der Waals surface area contributed by atoms with Gasteiger partial charge in [0.15, 0.2) is 0 Å². The average Bonchev–Trinajstić information content (AvgIpc) is 2.24. The number of hydrogen-bond acceptors (Lipinski definition) is 4. The lowest BCUT2D eigenvalue weighted by Gasteiger charge is -2.35. The first-order chi connectivity index (χ1) is 6.79. The lowest BCUT2D eigenvalue weighted by molar-refractivity contribution is 0.0937. The summed E-state index contributed by atoms with van der Waals surface area (Å²) < 4.78 is 5.65. The summed E-state index contributed by atoms with van der Waals surface area (Å²) in [4.78, 5) is 3.87. The quantitative estimate of drug-likeness (QED) is 0.743. The van der Waals surface area contributed by atoms with Gasteiger partial charge in [0.25, 0.3) is 0 Å². The highest BCUT2D eigenvalue weighted by atomic mass is 16.5. The number of pyridine rings is 1. The van der Waals surface area contributed by atoms with E-state index in [4.69, 9.17) is 10.00 Å². The second-order valence-corrected chi connectivity index (χ2v) is 3.34. The van der Waals surface area contributed by atoms with E-state index in [0.717, 1.165) is 12.3 Å². The molecule has 14 heavy (non-hydrogen) atoms. The van der Waals surface area contributed by atoms with Crippen LogP contribution in [0.5, 0.6) is 5.75 Å². The zero-order valence-electron chi connectivity index (χ0n) is 7.90. The largest absolute Gasteiger partial charge is 0.487 e. The van der Waals surface area contributed by atoms with Crippen LogP contribution in [0.15, 0.2) is 18.3 Å². The topological polar surface area (TPSA) is 57.9 Å². The maximum Gasteiger partial charge on any atom is 0.144 e. The fourth-order valence-corrected chi connectivity index (χ4v) is 1.31. The number of ether oxygens (including phenoxy) is 1. The molecule has 0 unspecified atom stereocenters. The van der Waals surface area contributed by atoms with Gasteiger partial charge in [-0.15, -0.1) is 0 Å². The van der Waals surface area contributed by atoms with E-state index in [1.807, 2.05) is 6.07 Å². The van der Waals surface area contributed by atoms with Crippen molar-refractivity contribution >= 4 is 0 Å². The minimum Gasteiger partial charge on any atom is -0.487 e. The fraction of sp³-hybridized carbons (Fsp3) is 0.400. The van der Waals surface area contributed by atoms with Crippen LogP contribution in [-0.2, 0) is 0 Å². The third kappa shape index (κ3) is 1.68. The monoisotopic (exact) mass is 189 g/mol. The number of nitrogens with zero attached hydrogens (tertiary/aromatic N) is 2. The molecule has 0 spiro atoms. The van der Waals surface area contributed by atoms with Gasteiger partial charge in [-0.1, -0.05) is 0 Å². The molecule has 1 aliphatic rings. The van der Waals surface area contributed by atoms with Crippen LogP contribution in [0, 0.1) is 11.3 Å². The summed E-state index contributed by atoms with van der Waals surface area (Å²) in [6.07, 6.45) is 1.80. The van der Waals surface area contributed by atoms with E-state index < -0.39 is 0 Å². The van der Waals surface area contributed by atoms with Crippen LogP contribution in [-0.4, -0.2) is 23.7 Å². The number of rotatable bonds is 2. The van der Waals surface area contributed by atoms with Gasteiger partial charge in [-0.05, 0) is 13.0 Å². The minimum atomic E-state index is 0.212. The summed E-state index contributed by atoms with van der Waals surface area (Å²) in [5.74, 6) is 0.718. The summed E-state index contributed by atoms with van der Waals surface area (Å²) in [6.45, 7) is 2.94. The molecule has 0 aliphatic carbocycles. The third-order valence-electron chi connectivity index (χ3n) is 2.33. The fourth-order valence-electron chi connectivity index (χ4n) is 1.31. The molecule has 72 valence electrons. The van der Waals surface area contributed by atoms with Gasteiger partial charge in [0.2, 0.25) is 0 Å². The van der Waals surface area contributed by atoms with Crippen LogP contribution >= 0.6 is 0 Å². The zero-order valence-corrected chi connectivity index (χ0v) is 7.90. The Labute approximate surface area is 82.5 Å². The van der Waals surface area contributed by atoms with Crippen molar-refractivity contribution in [1.29, 1.82) is 5.26 Å². The van der Waals surface area contributed by atoms with E-state index in [2.05, 4.69) is 17.2 Å². The molecule has 2 rings (SSSR count). The van der Waals surface area contributed by atoms with Gasteiger partial charge in [0.05, 0.1) is 0 Å². The first-order valence-corrected chi connectivity index (χ1v) is 4.56. The standard InChI is InChI=1S/C10H11N3O/c1-7-10(6-13-7)14-9-2-3-12-8(4-9)5-11/h2-4,7,10,13H,6H2,1H3/t7-,10-/m1/s1. The van der Waals surface area contributed by atoms with E-state index in [-0.39, 0.29) is 6.10 Å². The van der Waals surface area contributed by atoms with Crippen molar-refractivity contribution in [1.82, 2.24) is 10.3 Å². The van der Waals surface area contributed by atoms with Crippen LogP contribution in [0.25, 0.3) is 0 Å². The van der Waals surface area contributed by atoms with Crippen LogP contribution in [0.4, 0.5) is 0 Å². The second kappa shape index (κ2) is 3.64. The normalized spacial score (nSPS) is 24.9. The highest BCUT2D eigenvalue weighted by Gasteiger charge is 2.27. The maximum absolute atomic E-state index is 8.64. The molecule has 1 fully saturated rings. The maximum atomic E-state index is 8.64. The second-order valence-electron chi connectivity index (χ2n) is 3.34. The molecular formula is C10H11N3O. The molecule has 0 bridgehead atoms. The van der Waals surface area contributed by atoms with E-state index >= 15 is 0 Å². The number of nitriles is 1. The van der Waals surface area contributed by atoms with Crippen molar-refractivity contribution < 1.29 is 4.74 Å². The van der Waals surface area contributed by atoms with Gasteiger partial charge in [-0.25, -0.2) is 4.98 Å². The lowest BCUT2D eigenvalue weighted by Crippen LogP contribution is -2.58. The van der Waals surface area contributed by atoms with Crippen LogP contribution < -0.4 is 10.1 Å². The molecule has 1 N–H and O–H groups in total. The molecule has 1 aromatic rings. The van der Waals surface area contributed by atoms with Crippen LogP contribution in [0.2, 0.25) is 0 Å². The first-order valence-electron chi connectivity index (χ1n) is 4.56. The predicted octanol–water partition coefficient (Wildman–Crippen LogP) is 0.692. The van der Waals surface area contributed by atoms with Crippen LogP contribution in [0.3, 0.4) is 0 Å². The van der Waals surface area contributed by atoms with Crippen molar-refractivity contribution in [3.8, 4) is 11.8 Å². The summed E-state index contributed by atoms with van der Waals surface area (Å²) >= 11 is 0. The van der Waals surface area contributed by atoms with E-state index in [1.165, 1.54) is 0 Å². The molecule has 0 saturated carbocycles. The molecule has 2 atom stereocenters. The van der Waals surface area contributed by atoms with Crippen molar-refractivity contribution in [2.45, 2.75) is 19.1 Å². The molecule has 1 saturated heterocycles. The van der Waals surface area contributed by atoms with Crippen molar-refractivity contribution in [2.24, 2.45) is 0 Å². The van der Waals surface area contributed by atoms with Gasteiger partial charge >= 0.3 is 0 Å². The SMILES string of the molecule is C[C@H]1NC[C@H]1Oc1ccnc(C#N)c1. The molecule has 4 heteroatoms. The van der Waals surface area contributed by atoms with Gasteiger partial charge in [0, 0.05) is 24.8 Å². The lowest BCUT2D eigenvalue weighted by atomic mass is 10.1. The number of nitrogens with one attached hydrogen (secondary N) is 1. The van der Waals surface area contributed by atoms with Gasteiger partial charge in [-0.2, -0.15) is 5.26 Å². The summed E-state index contributed by atoms with van der Waals surface area (Å²) in [7, 11) is 0. The summed E-state index contributed by atoms with van der Waals surface area (Å²) in [6, 6.07) is 5.79. The predicted molar refractivity (Wildman–Crippen MR) is 50.8 cm³/mol. The Morgan fingerprint density at radius 3 is 3.14 bits per heavy atom. The van der Waals surface area contributed by atoms with Gasteiger partial charge in [-0.3, -0.25) is 0 Å². The molecule has 4 nitrogen and oxygen atoms in total. The molecule has 0 radical (unpaired) electrons.